The Hall–Kier alpha value is -2.56. The third kappa shape index (κ3) is 5.13. The van der Waals surface area contributed by atoms with Gasteiger partial charge in [-0.15, -0.1) is 6.42 Å². The van der Waals surface area contributed by atoms with Crippen LogP contribution in [0.1, 0.15) is 24.8 Å². The van der Waals surface area contributed by atoms with Gasteiger partial charge < -0.3 is 15.5 Å². The van der Waals surface area contributed by atoms with Crippen LogP contribution in [0.5, 0.6) is 0 Å². The fraction of sp³-hybridized carbons (Fsp3) is 0.565. The number of anilines is 1. The summed E-state index contributed by atoms with van der Waals surface area (Å²) >= 11 is 0. The molecule has 0 saturated carbocycles. The number of terminal acetylenes is 1. The molecule has 1 aromatic carbocycles. The number of carbonyl (C=O) groups is 2. The molecule has 0 aliphatic carbocycles. The lowest BCUT2D eigenvalue weighted by atomic mass is 10.0. The third-order valence-electron chi connectivity index (χ3n) is 6.28. The molecule has 2 amide bonds. The Morgan fingerprint density at radius 1 is 1.33 bits per heavy atom. The van der Waals surface area contributed by atoms with Crippen molar-refractivity contribution in [3.63, 3.8) is 0 Å². The maximum atomic E-state index is 12.9. The molecule has 2 aliphatic rings. The predicted octanol–water partition coefficient (Wildman–Crippen LogP) is 0.655. The number of likely N-dealkylation sites (N-methyl/N-ethyl adjacent to an activating group) is 1. The maximum absolute atomic E-state index is 12.9. The SMILES string of the molecule is C#CCNC(=O)CCC1CNC(=O)C2C(CCN2Cc2ccc(N(C)C)cc2)N1C. The molecule has 0 spiro atoms. The minimum absolute atomic E-state index is 0.0392. The Bertz CT molecular complexity index is 786. The largest absolute Gasteiger partial charge is 0.378 e. The lowest BCUT2D eigenvalue weighted by Crippen LogP contribution is -2.49. The summed E-state index contributed by atoms with van der Waals surface area (Å²) in [5.74, 6) is 2.47. The smallest absolute Gasteiger partial charge is 0.239 e. The van der Waals surface area contributed by atoms with Gasteiger partial charge in [-0.3, -0.25) is 19.4 Å². The van der Waals surface area contributed by atoms with E-state index >= 15 is 0 Å². The highest BCUT2D eigenvalue weighted by atomic mass is 16.2. The molecule has 3 unspecified atom stereocenters. The summed E-state index contributed by atoms with van der Waals surface area (Å²) in [6.45, 7) is 2.47. The average Bonchev–Trinajstić information content (AvgIpc) is 3.10. The maximum Gasteiger partial charge on any atom is 0.239 e. The number of rotatable bonds is 7. The number of nitrogens with zero attached hydrogens (tertiary/aromatic N) is 3. The Balaban J connectivity index is 1.63. The van der Waals surface area contributed by atoms with Gasteiger partial charge in [0.05, 0.1) is 6.54 Å². The second-order valence-electron chi connectivity index (χ2n) is 8.42. The molecular formula is C23H33N5O2. The van der Waals surface area contributed by atoms with Crippen LogP contribution in [0.4, 0.5) is 5.69 Å². The highest BCUT2D eigenvalue weighted by Crippen LogP contribution is 2.28. The van der Waals surface area contributed by atoms with E-state index in [0.717, 1.165) is 19.5 Å². The summed E-state index contributed by atoms with van der Waals surface area (Å²) in [6, 6.07) is 8.64. The van der Waals surface area contributed by atoms with Crippen molar-refractivity contribution in [3.05, 3.63) is 29.8 Å². The number of hydrogen-bond donors (Lipinski definition) is 2. The zero-order valence-electron chi connectivity index (χ0n) is 18.2. The second-order valence-corrected chi connectivity index (χ2v) is 8.42. The molecule has 2 aliphatic heterocycles. The van der Waals surface area contributed by atoms with E-state index < -0.39 is 0 Å². The summed E-state index contributed by atoms with van der Waals surface area (Å²) in [6.07, 6.45) is 7.25. The second kappa shape index (κ2) is 9.96. The summed E-state index contributed by atoms with van der Waals surface area (Å²) in [5, 5.41) is 5.82. The van der Waals surface area contributed by atoms with Crippen LogP contribution in [0, 0.1) is 12.3 Å². The fourth-order valence-corrected chi connectivity index (χ4v) is 4.50. The molecule has 7 nitrogen and oxygen atoms in total. The van der Waals surface area contributed by atoms with Crippen LogP contribution in [-0.2, 0) is 16.1 Å². The number of hydrogen-bond acceptors (Lipinski definition) is 5. The standard InChI is InChI=1S/C23H33N5O2/c1-5-13-24-21(29)11-10-19-15-25-23(30)22-20(27(19)4)12-14-28(22)16-17-6-8-18(9-7-17)26(2)3/h1,6-9,19-20,22H,10-16H2,2-4H3,(H,24,29)(H,25,30). The van der Waals surface area contributed by atoms with Gasteiger partial charge in [0.25, 0.3) is 0 Å². The topological polar surface area (TPSA) is 67.9 Å². The van der Waals surface area contributed by atoms with E-state index in [-0.39, 0.29) is 36.5 Å². The molecule has 2 heterocycles. The number of fused-ring (bicyclic) bond motifs is 1. The van der Waals surface area contributed by atoms with Gasteiger partial charge in [0.2, 0.25) is 11.8 Å². The summed E-state index contributed by atoms with van der Waals surface area (Å²) < 4.78 is 0. The first-order chi connectivity index (χ1) is 14.4. The third-order valence-corrected chi connectivity index (χ3v) is 6.28. The minimum atomic E-state index is -0.163. The van der Waals surface area contributed by atoms with Crippen molar-refractivity contribution in [2.24, 2.45) is 0 Å². The molecule has 7 heteroatoms. The number of amides is 2. The van der Waals surface area contributed by atoms with Crippen molar-refractivity contribution in [1.29, 1.82) is 0 Å². The van der Waals surface area contributed by atoms with Gasteiger partial charge in [-0.05, 0) is 37.6 Å². The van der Waals surface area contributed by atoms with E-state index in [1.165, 1.54) is 11.3 Å². The molecule has 3 rings (SSSR count). The van der Waals surface area contributed by atoms with Crippen molar-refractivity contribution in [1.82, 2.24) is 20.4 Å². The van der Waals surface area contributed by atoms with Gasteiger partial charge in [0, 0.05) is 57.9 Å². The number of likely N-dealkylation sites (tertiary alicyclic amines) is 1. The van der Waals surface area contributed by atoms with E-state index in [4.69, 9.17) is 6.42 Å². The molecule has 1 aromatic rings. The van der Waals surface area contributed by atoms with Crippen LogP contribution >= 0.6 is 0 Å². The summed E-state index contributed by atoms with van der Waals surface area (Å²) in [7, 11) is 6.14. The van der Waals surface area contributed by atoms with Crippen molar-refractivity contribution < 1.29 is 9.59 Å². The van der Waals surface area contributed by atoms with Crippen molar-refractivity contribution >= 4 is 17.5 Å². The number of carbonyl (C=O) groups excluding carboxylic acids is 2. The van der Waals surface area contributed by atoms with E-state index in [1.54, 1.807) is 0 Å². The molecule has 0 aromatic heterocycles. The van der Waals surface area contributed by atoms with Crippen molar-refractivity contribution in [2.45, 2.75) is 43.9 Å². The fourth-order valence-electron chi connectivity index (χ4n) is 4.50. The zero-order chi connectivity index (χ0) is 21.7. The molecule has 2 fully saturated rings. The molecule has 0 bridgehead atoms. The van der Waals surface area contributed by atoms with Gasteiger partial charge in [0.15, 0.2) is 0 Å². The lowest BCUT2D eigenvalue weighted by molar-refractivity contribution is -0.126. The van der Waals surface area contributed by atoms with Crippen LogP contribution in [0.25, 0.3) is 0 Å². The Kier molecular flexibility index (Phi) is 7.35. The van der Waals surface area contributed by atoms with Gasteiger partial charge in [-0.2, -0.15) is 0 Å². The predicted molar refractivity (Wildman–Crippen MR) is 119 cm³/mol. The quantitative estimate of drug-likeness (QED) is 0.645. The van der Waals surface area contributed by atoms with Crippen LogP contribution in [-0.4, -0.2) is 80.5 Å². The van der Waals surface area contributed by atoms with Crippen molar-refractivity contribution in [3.8, 4) is 12.3 Å². The molecule has 162 valence electrons. The number of nitrogens with one attached hydrogen (secondary N) is 2. The monoisotopic (exact) mass is 411 g/mol. The Morgan fingerprint density at radius 3 is 2.73 bits per heavy atom. The minimum Gasteiger partial charge on any atom is -0.378 e. The first-order valence-electron chi connectivity index (χ1n) is 10.6. The Labute approximate surface area is 179 Å². The number of benzene rings is 1. The summed E-state index contributed by atoms with van der Waals surface area (Å²) in [5.41, 5.74) is 2.38. The van der Waals surface area contributed by atoms with Crippen LogP contribution < -0.4 is 15.5 Å². The van der Waals surface area contributed by atoms with Crippen LogP contribution in [0.3, 0.4) is 0 Å². The van der Waals surface area contributed by atoms with E-state index in [0.29, 0.717) is 19.4 Å². The van der Waals surface area contributed by atoms with Gasteiger partial charge in [0.1, 0.15) is 6.04 Å². The first kappa shape index (κ1) is 22.1. The van der Waals surface area contributed by atoms with Gasteiger partial charge in [-0.1, -0.05) is 18.1 Å². The van der Waals surface area contributed by atoms with E-state index in [2.05, 4.69) is 62.6 Å². The molecule has 2 saturated heterocycles. The molecular weight excluding hydrogens is 378 g/mol. The van der Waals surface area contributed by atoms with E-state index in [9.17, 15) is 9.59 Å². The van der Waals surface area contributed by atoms with Gasteiger partial charge >= 0.3 is 0 Å². The van der Waals surface area contributed by atoms with E-state index in [1.807, 2.05) is 14.1 Å². The summed E-state index contributed by atoms with van der Waals surface area (Å²) in [4.78, 5) is 31.5. The molecule has 2 N–H and O–H groups in total. The van der Waals surface area contributed by atoms with Crippen LogP contribution in [0.2, 0.25) is 0 Å². The molecule has 0 radical (unpaired) electrons. The Morgan fingerprint density at radius 2 is 2.07 bits per heavy atom. The highest BCUT2D eigenvalue weighted by Gasteiger charge is 2.44. The normalized spacial score (nSPS) is 24.5. The molecule has 30 heavy (non-hydrogen) atoms. The zero-order valence-corrected chi connectivity index (χ0v) is 18.2. The van der Waals surface area contributed by atoms with Crippen LogP contribution in [0.15, 0.2) is 24.3 Å². The lowest BCUT2D eigenvalue weighted by Gasteiger charge is -2.33. The first-order valence-corrected chi connectivity index (χ1v) is 10.6. The highest BCUT2D eigenvalue weighted by molar-refractivity contribution is 5.83. The average molecular weight is 412 g/mol. The van der Waals surface area contributed by atoms with Gasteiger partial charge in [-0.25, -0.2) is 0 Å². The van der Waals surface area contributed by atoms with Crippen molar-refractivity contribution in [2.75, 3.05) is 45.7 Å². The molecule has 3 atom stereocenters.